The second kappa shape index (κ2) is 5.34. The molecule has 0 radical (unpaired) electrons. The van der Waals surface area contributed by atoms with Crippen molar-refractivity contribution in [1.29, 1.82) is 0 Å². The summed E-state index contributed by atoms with van der Waals surface area (Å²) in [5.41, 5.74) is 1.16. The van der Waals surface area contributed by atoms with Gasteiger partial charge in [-0.15, -0.1) is 0 Å². The van der Waals surface area contributed by atoms with E-state index in [0.717, 1.165) is 25.1 Å². The molecule has 1 atom stereocenters. The highest BCUT2D eigenvalue weighted by Crippen LogP contribution is 2.35. The Kier molecular flexibility index (Phi) is 3.82. The minimum Gasteiger partial charge on any atom is -0.481 e. The third-order valence-corrected chi connectivity index (χ3v) is 3.63. The second-order valence-corrected chi connectivity index (χ2v) is 4.84. The summed E-state index contributed by atoms with van der Waals surface area (Å²) >= 11 is 0. The van der Waals surface area contributed by atoms with Crippen LogP contribution in [0.2, 0.25) is 0 Å². The molecule has 4 heteroatoms. The number of amides is 1. The summed E-state index contributed by atoms with van der Waals surface area (Å²) in [6.45, 7) is 0.765. The molecule has 0 saturated carbocycles. The monoisotopic (exact) mass is 237 g/mol. The summed E-state index contributed by atoms with van der Waals surface area (Å²) < 4.78 is 0. The number of fused-ring (bicyclic) bond motifs is 1. The normalized spacial score (nSPS) is 23.9. The molecule has 0 aromatic heterocycles. The molecule has 2 aliphatic rings. The Morgan fingerprint density at radius 2 is 2.06 bits per heavy atom. The van der Waals surface area contributed by atoms with Crippen LogP contribution < -0.4 is 0 Å². The summed E-state index contributed by atoms with van der Waals surface area (Å²) in [5, 5.41) is 8.61. The van der Waals surface area contributed by atoms with Crippen LogP contribution in [0.1, 0.15) is 44.9 Å². The summed E-state index contributed by atoms with van der Waals surface area (Å²) in [6.07, 6.45) is 7.89. The van der Waals surface area contributed by atoms with E-state index in [1.165, 1.54) is 19.3 Å². The van der Waals surface area contributed by atoms with Gasteiger partial charge in [-0.25, -0.2) is 0 Å². The van der Waals surface area contributed by atoms with Gasteiger partial charge in [0.2, 0.25) is 5.91 Å². The summed E-state index contributed by atoms with van der Waals surface area (Å²) in [6, 6.07) is 0. The number of piperidine rings is 1. The lowest BCUT2D eigenvalue weighted by Crippen LogP contribution is -2.39. The van der Waals surface area contributed by atoms with E-state index < -0.39 is 5.97 Å². The lowest BCUT2D eigenvalue weighted by molar-refractivity contribution is -0.140. The van der Waals surface area contributed by atoms with Crippen molar-refractivity contribution >= 4 is 11.9 Å². The molecule has 1 N–H and O–H groups in total. The Morgan fingerprint density at radius 3 is 2.82 bits per heavy atom. The molecule has 1 aliphatic carbocycles. The van der Waals surface area contributed by atoms with Gasteiger partial charge in [0, 0.05) is 18.7 Å². The van der Waals surface area contributed by atoms with Crippen molar-refractivity contribution in [2.24, 2.45) is 5.92 Å². The number of hydrogen-bond acceptors (Lipinski definition) is 2. The van der Waals surface area contributed by atoms with Crippen LogP contribution >= 0.6 is 0 Å². The van der Waals surface area contributed by atoms with Crippen LogP contribution in [0.25, 0.3) is 0 Å². The van der Waals surface area contributed by atoms with Crippen molar-refractivity contribution < 1.29 is 14.7 Å². The zero-order chi connectivity index (χ0) is 12.3. The van der Waals surface area contributed by atoms with Gasteiger partial charge in [0.25, 0.3) is 0 Å². The van der Waals surface area contributed by atoms with Crippen molar-refractivity contribution in [3.05, 3.63) is 11.8 Å². The van der Waals surface area contributed by atoms with E-state index in [4.69, 9.17) is 5.11 Å². The van der Waals surface area contributed by atoms with Crippen molar-refractivity contribution in [2.75, 3.05) is 6.54 Å². The topological polar surface area (TPSA) is 57.6 Å². The van der Waals surface area contributed by atoms with Gasteiger partial charge in [-0.05, 0) is 38.0 Å². The first-order valence-electron chi connectivity index (χ1n) is 6.40. The van der Waals surface area contributed by atoms with Crippen LogP contribution in [0.15, 0.2) is 11.8 Å². The van der Waals surface area contributed by atoms with Gasteiger partial charge in [0.15, 0.2) is 0 Å². The number of carboxylic acids is 1. The van der Waals surface area contributed by atoms with Gasteiger partial charge in [0.1, 0.15) is 0 Å². The highest BCUT2D eigenvalue weighted by atomic mass is 16.4. The Bertz CT molecular complexity index is 349. The molecule has 1 fully saturated rings. The van der Waals surface area contributed by atoms with E-state index in [-0.39, 0.29) is 18.7 Å². The molecule has 1 amide bonds. The second-order valence-electron chi connectivity index (χ2n) is 4.84. The van der Waals surface area contributed by atoms with E-state index in [2.05, 4.69) is 6.08 Å². The van der Waals surface area contributed by atoms with Crippen LogP contribution in [-0.2, 0) is 9.59 Å². The average Bonchev–Trinajstić information content (AvgIpc) is 2.35. The number of aliphatic carboxylic acids is 1. The number of carbonyl (C=O) groups excluding carboxylic acids is 1. The van der Waals surface area contributed by atoms with Gasteiger partial charge in [-0.3, -0.25) is 9.59 Å². The van der Waals surface area contributed by atoms with E-state index in [1.54, 1.807) is 0 Å². The zero-order valence-corrected chi connectivity index (χ0v) is 10.0. The largest absolute Gasteiger partial charge is 0.481 e. The van der Waals surface area contributed by atoms with E-state index in [9.17, 15) is 9.59 Å². The van der Waals surface area contributed by atoms with Gasteiger partial charge in [-0.2, -0.15) is 0 Å². The van der Waals surface area contributed by atoms with Crippen molar-refractivity contribution in [2.45, 2.75) is 44.9 Å². The third-order valence-electron chi connectivity index (χ3n) is 3.63. The molecule has 1 saturated heterocycles. The summed E-state index contributed by atoms with van der Waals surface area (Å²) in [7, 11) is 0. The number of hydrogen-bond donors (Lipinski definition) is 1. The minimum absolute atomic E-state index is 0.0229. The SMILES string of the molecule is O=C(O)CCC(=O)N1CCCC2CCCC=C21. The highest BCUT2D eigenvalue weighted by molar-refractivity contribution is 5.82. The van der Waals surface area contributed by atoms with E-state index >= 15 is 0 Å². The molecule has 0 spiro atoms. The number of carboxylic acid groups (broad SMARTS) is 1. The lowest BCUT2D eigenvalue weighted by atomic mass is 9.85. The summed E-state index contributed by atoms with van der Waals surface area (Å²) in [4.78, 5) is 24.3. The maximum absolute atomic E-state index is 12.0. The number of rotatable bonds is 3. The van der Waals surface area contributed by atoms with Crippen LogP contribution in [0.5, 0.6) is 0 Å². The molecule has 94 valence electrons. The fourth-order valence-electron chi connectivity index (χ4n) is 2.79. The zero-order valence-electron chi connectivity index (χ0n) is 10.0. The molecule has 0 aromatic carbocycles. The Labute approximate surface area is 101 Å². The molecule has 2 rings (SSSR count). The van der Waals surface area contributed by atoms with Crippen LogP contribution in [0.3, 0.4) is 0 Å². The smallest absolute Gasteiger partial charge is 0.303 e. The number of nitrogens with zero attached hydrogens (tertiary/aromatic N) is 1. The van der Waals surface area contributed by atoms with Gasteiger partial charge in [0.05, 0.1) is 6.42 Å². The molecular weight excluding hydrogens is 218 g/mol. The number of likely N-dealkylation sites (tertiary alicyclic amines) is 1. The van der Waals surface area contributed by atoms with Gasteiger partial charge >= 0.3 is 5.97 Å². The number of carbonyl (C=O) groups is 2. The first kappa shape index (κ1) is 12.1. The van der Waals surface area contributed by atoms with Crippen molar-refractivity contribution in [3.8, 4) is 0 Å². The molecule has 4 nitrogen and oxygen atoms in total. The molecule has 1 heterocycles. The average molecular weight is 237 g/mol. The first-order chi connectivity index (χ1) is 8.18. The first-order valence-corrected chi connectivity index (χ1v) is 6.40. The molecule has 0 aromatic rings. The Hall–Kier alpha value is -1.32. The maximum Gasteiger partial charge on any atom is 0.303 e. The molecule has 1 unspecified atom stereocenters. The molecule has 0 bridgehead atoms. The molecular formula is C13H19NO3. The predicted octanol–water partition coefficient (Wildman–Crippen LogP) is 2.16. The maximum atomic E-state index is 12.0. The predicted molar refractivity (Wildman–Crippen MR) is 63.2 cm³/mol. The third kappa shape index (κ3) is 2.87. The van der Waals surface area contributed by atoms with Crippen molar-refractivity contribution in [1.82, 2.24) is 4.90 Å². The quantitative estimate of drug-likeness (QED) is 0.818. The van der Waals surface area contributed by atoms with Crippen molar-refractivity contribution in [3.63, 3.8) is 0 Å². The van der Waals surface area contributed by atoms with E-state index in [1.807, 2.05) is 4.90 Å². The standard InChI is InChI=1S/C13H19NO3/c15-12(7-8-13(16)17)14-9-3-5-10-4-1-2-6-11(10)14/h6,10H,1-5,7-9H2,(H,16,17). The van der Waals surface area contributed by atoms with Crippen LogP contribution in [0, 0.1) is 5.92 Å². The van der Waals surface area contributed by atoms with Crippen LogP contribution in [0.4, 0.5) is 0 Å². The molecule has 1 aliphatic heterocycles. The summed E-state index contributed by atoms with van der Waals surface area (Å²) in [5.74, 6) is -0.388. The minimum atomic E-state index is -0.899. The lowest BCUT2D eigenvalue weighted by Gasteiger charge is -2.38. The molecule has 17 heavy (non-hydrogen) atoms. The van der Waals surface area contributed by atoms with Gasteiger partial charge in [-0.1, -0.05) is 6.08 Å². The highest BCUT2D eigenvalue weighted by Gasteiger charge is 2.29. The Morgan fingerprint density at radius 1 is 1.29 bits per heavy atom. The number of allylic oxidation sites excluding steroid dienone is 2. The van der Waals surface area contributed by atoms with Crippen LogP contribution in [-0.4, -0.2) is 28.4 Å². The van der Waals surface area contributed by atoms with E-state index in [0.29, 0.717) is 5.92 Å². The fraction of sp³-hybridized carbons (Fsp3) is 0.692. The fourth-order valence-corrected chi connectivity index (χ4v) is 2.79. The Balaban J connectivity index is 2.01. The van der Waals surface area contributed by atoms with Gasteiger partial charge < -0.3 is 10.0 Å².